The van der Waals surface area contributed by atoms with Gasteiger partial charge in [0.2, 0.25) is 5.76 Å². The standard InChI is InChI=1S/C16H13ClO6/c1-20-14-11(15(18)21-2)13(23-16(14)19)9-7-22-10-6-4-3-5-8(10)12(9)17/h3-6,13H,7H2,1-2H3. The topological polar surface area (TPSA) is 71.1 Å². The Labute approximate surface area is 137 Å². The summed E-state index contributed by atoms with van der Waals surface area (Å²) in [5.41, 5.74) is 1.11. The third kappa shape index (κ3) is 2.45. The molecule has 0 bridgehead atoms. The van der Waals surface area contributed by atoms with E-state index < -0.39 is 18.0 Å². The van der Waals surface area contributed by atoms with Crippen LogP contribution in [0.25, 0.3) is 5.03 Å². The van der Waals surface area contributed by atoms with Gasteiger partial charge in [-0.05, 0) is 12.1 Å². The van der Waals surface area contributed by atoms with Gasteiger partial charge in [0.1, 0.15) is 17.9 Å². The molecule has 1 unspecified atom stereocenters. The van der Waals surface area contributed by atoms with Gasteiger partial charge in [0.05, 0.1) is 19.3 Å². The number of carbonyl (C=O) groups is 2. The average molecular weight is 337 g/mol. The summed E-state index contributed by atoms with van der Waals surface area (Å²) in [7, 11) is 2.50. The molecule has 1 atom stereocenters. The predicted molar refractivity (Wildman–Crippen MR) is 80.6 cm³/mol. The van der Waals surface area contributed by atoms with Gasteiger partial charge in [0, 0.05) is 11.1 Å². The van der Waals surface area contributed by atoms with Gasteiger partial charge in [0.15, 0.2) is 6.10 Å². The largest absolute Gasteiger partial charge is 0.489 e. The van der Waals surface area contributed by atoms with Crippen LogP contribution in [0.4, 0.5) is 0 Å². The molecule has 7 heteroatoms. The molecule has 0 spiro atoms. The lowest BCUT2D eigenvalue weighted by Crippen LogP contribution is -2.26. The van der Waals surface area contributed by atoms with Crippen LogP contribution in [0.5, 0.6) is 5.75 Å². The number of fused-ring (bicyclic) bond motifs is 1. The van der Waals surface area contributed by atoms with Crippen LogP contribution in [-0.2, 0) is 23.8 Å². The Bertz CT molecular complexity index is 749. The zero-order chi connectivity index (χ0) is 16.6. The maximum Gasteiger partial charge on any atom is 0.375 e. The van der Waals surface area contributed by atoms with Crippen LogP contribution in [0.15, 0.2) is 41.2 Å². The molecule has 0 saturated carbocycles. The van der Waals surface area contributed by atoms with Crippen molar-refractivity contribution in [2.75, 3.05) is 20.8 Å². The van der Waals surface area contributed by atoms with Crippen molar-refractivity contribution < 1.29 is 28.5 Å². The quantitative estimate of drug-likeness (QED) is 0.787. The number of hydrogen-bond donors (Lipinski definition) is 0. The molecule has 0 radical (unpaired) electrons. The highest BCUT2D eigenvalue weighted by molar-refractivity contribution is 6.50. The fourth-order valence-electron chi connectivity index (χ4n) is 2.55. The van der Waals surface area contributed by atoms with Gasteiger partial charge in [-0.1, -0.05) is 23.7 Å². The predicted octanol–water partition coefficient (Wildman–Crippen LogP) is 2.03. The first-order valence-corrected chi connectivity index (χ1v) is 7.14. The number of esters is 2. The Morgan fingerprint density at radius 1 is 1.30 bits per heavy atom. The third-order valence-corrected chi connectivity index (χ3v) is 4.08. The van der Waals surface area contributed by atoms with Crippen molar-refractivity contribution in [3.05, 3.63) is 46.7 Å². The van der Waals surface area contributed by atoms with Crippen molar-refractivity contribution >= 4 is 28.6 Å². The Kier molecular flexibility index (Phi) is 4.00. The van der Waals surface area contributed by atoms with Gasteiger partial charge in [-0.15, -0.1) is 0 Å². The summed E-state index contributed by atoms with van der Waals surface area (Å²) in [6.45, 7) is 0.0886. The maximum atomic E-state index is 12.0. The second kappa shape index (κ2) is 5.96. The van der Waals surface area contributed by atoms with Gasteiger partial charge in [-0.3, -0.25) is 0 Å². The van der Waals surface area contributed by atoms with E-state index in [1.54, 1.807) is 12.1 Å². The molecule has 2 aliphatic rings. The van der Waals surface area contributed by atoms with E-state index in [1.807, 2.05) is 12.1 Å². The summed E-state index contributed by atoms with van der Waals surface area (Å²) in [6.07, 6.45) is -0.995. The van der Waals surface area contributed by atoms with E-state index in [2.05, 4.69) is 0 Å². The molecule has 0 aliphatic carbocycles. The Morgan fingerprint density at radius 3 is 2.74 bits per heavy atom. The molecule has 3 rings (SSSR count). The first-order chi connectivity index (χ1) is 11.1. The first kappa shape index (κ1) is 15.4. The lowest BCUT2D eigenvalue weighted by Gasteiger charge is -2.24. The zero-order valence-electron chi connectivity index (χ0n) is 12.4. The van der Waals surface area contributed by atoms with Gasteiger partial charge < -0.3 is 18.9 Å². The van der Waals surface area contributed by atoms with E-state index in [9.17, 15) is 9.59 Å². The van der Waals surface area contributed by atoms with E-state index in [-0.39, 0.29) is 17.9 Å². The minimum Gasteiger partial charge on any atom is -0.489 e. The molecule has 0 fully saturated rings. The molecule has 23 heavy (non-hydrogen) atoms. The van der Waals surface area contributed by atoms with Crippen LogP contribution >= 0.6 is 11.6 Å². The number of carbonyl (C=O) groups excluding carboxylic acids is 2. The number of hydrogen-bond acceptors (Lipinski definition) is 6. The zero-order valence-corrected chi connectivity index (χ0v) is 13.2. The molecular formula is C16H13ClO6. The van der Waals surface area contributed by atoms with Crippen LogP contribution < -0.4 is 4.74 Å². The molecule has 2 aliphatic heterocycles. The molecule has 0 amide bonds. The van der Waals surface area contributed by atoms with Gasteiger partial charge in [-0.2, -0.15) is 0 Å². The van der Waals surface area contributed by atoms with Crippen LogP contribution in [0, 0.1) is 0 Å². The highest BCUT2D eigenvalue weighted by Gasteiger charge is 2.44. The summed E-state index contributed by atoms with van der Waals surface area (Å²) in [5, 5.41) is 0.378. The first-order valence-electron chi connectivity index (χ1n) is 6.76. The van der Waals surface area contributed by atoms with Crippen LogP contribution in [0.3, 0.4) is 0 Å². The van der Waals surface area contributed by atoms with Crippen LogP contribution in [-0.4, -0.2) is 38.9 Å². The summed E-state index contributed by atoms with van der Waals surface area (Å²) >= 11 is 6.44. The molecule has 0 saturated heterocycles. The molecule has 120 valence electrons. The number of methoxy groups -OCH3 is 2. The number of benzene rings is 1. The molecule has 6 nitrogen and oxygen atoms in total. The molecule has 0 aromatic heterocycles. The minimum absolute atomic E-state index is 0.0175. The second-order valence-electron chi connectivity index (χ2n) is 4.85. The lowest BCUT2D eigenvalue weighted by molar-refractivity contribution is -0.141. The average Bonchev–Trinajstić information content (AvgIpc) is 2.91. The van der Waals surface area contributed by atoms with Crippen LogP contribution in [0.1, 0.15) is 5.56 Å². The summed E-state index contributed by atoms with van der Waals surface area (Å²) in [5.74, 6) is -1.01. The van der Waals surface area contributed by atoms with E-state index in [1.165, 1.54) is 14.2 Å². The fourth-order valence-corrected chi connectivity index (χ4v) is 2.86. The lowest BCUT2D eigenvalue weighted by atomic mass is 9.98. The van der Waals surface area contributed by atoms with Crippen molar-refractivity contribution in [3.8, 4) is 5.75 Å². The highest BCUT2D eigenvalue weighted by atomic mass is 35.5. The fraction of sp³-hybridized carbons (Fsp3) is 0.250. The van der Waals surface area contributed by atoms with Crippen molar-refractivity contribution in [2.24, 2.45) is 0 Å². The SMILES string of the molecule is COC(=O)C1=C(OC)C(=O)OC1C1=C(Cl)c2ccccc2OC1. The van der Waals surface area contributed by atoms with Crippen molar-refractivity contribution in [1.29, 1.82) is 0 Å². The maximum absolute atomic E-state index is 12.0. The number of ether oxygens (including phenoxy) is 4. The van der Waals surface area contributed by atoms with Gasteiger partial charge in [0.25, 0.3) is 0 Å². The number of halogens is 1. The van der Waals surface area contributed by atoms with Crippen molar-refractivity contribution in [3.63, 3.8) is 0 Å². The van der Waals surface area contributed by atoms with Gasteiger partial charge in [-0.25, -0.2) is 9.59 Å². The van der Waals surface area contributed by atoms with Crippen molar-refractivity contribution in [1.82, 2.24) is 0 Å². The van der Waals surface area contributed by atoms with E-state index in [4.69, 9.17) is 30.5 Å². The Hall–Kier alpha value is -2.47. The van der Waals surface area contributed by atoms with Crippen molar-refractivity contribution in [2.45, 2.75) is 6.10 Å². The molecular weight excluding hydrogens is 324 g/mol. The summed E-state index contributed by atoms with van der Waals surface area (Å²) < 4.78 is 20.6. The third-order valence-electron chi connectivity index (χ3n) is 3.63. The second-order valence-corrected chi connectivity index (χ2v) is 5.23. The van der Waals surface area contributed by atoms with E-state index in [0.717, 1.165) is 0 Å². The van der Waals surface area contributed by atoms with E-state index >= 15 is 0 Å². The smallest absolute Gasteiger partial charge is 0.375 e. The van der Waals surface area contributed by atoms with Crippen LogP contribution in [0.2, 0.25) is 0 Å². The summed E-state index contributed by atoms with van der Waals surface area (Å²) in [6, 6.07) is 7.21. The Morgan fingerprint density at radius 2 is 2.04 bits per heavy atom. The summed E-state index contributed by atoms with van der Waals surface area (Å²) in [4.78, 5) is 24.0. The normalized spacial score (nSPS) is 20.0. The molecule has 0 N–H and O–H groups in total. The molecule has 1 aromatic rings. The highest BCUT2D eigenvalue weighted by Crippen LogP contribution is 2.40. The van der Waals surface area contributed by atoms with Gasteiger partial charge >= 0.3 is 11.9 Å². The number of cyclic esters (lactones) is 1. The minimum atomic E-state index is -0.995. The monoisotopic (exact) mass is 336 g/mol. The Balaban J connectivity index is 2.10. The molecule has 1 aromatic carbocycles. The number of para-hydroxylation sites is 1. The molecule has 2 heterocycles. The number of rotatable bonds is 3. The van der Waals surface area contributed by atoms with E-state index in [0.29, 0.717) is 21.9 Å².